The Kier molecular flexibility index (Phi) is 8.65. The van der Waals surface area contributed by atoms with Gasteiger partial charge in [-0.25, -0.2) is 0 Å². The van der Waals surface area contributed by atoms with Crippen LogP contribution in [0.3, 0.4) is 0 Å². The Morgan fingerprint density at radius 1 is 0.912 bits per heavy atom. The molecule has 0 saturated heterocycles. The number of carbonyl (C=O) groups is 1. The molecule has 0 spiro atoms. The molecule has 0 aliphatic heterocycles. The fourth-order valence-corrected chi connectivity index (χ4v) is 6.99. The molecule has 0 N–H and O–H groups in total. The summed E-state index contributed by atoms with van der Waals surface area (Å²) in [6, 6.07) is 2.54. The van der Waals surface area contributed by atoms with Gasteiger partial charge in [-0.15, -0.1) is 0 Å². The van der Waals surface area contributed by atoms with Gasteiger partial charge in [-0.2, -0.15) is 8.78 Å². The second kappa shape index (κ2) is 11.7. The summed E-state index contributed by atoms with van der Waals surface area (Å²) in [5, 5.41) is 0. The lowest BCUT2D eigenvalue weighted by molar-refractivity contribution is -0.140. The van der Waals surface area contributed by atoms with E-state index in [4.69, 9.17) is 9.47 Å². The number of halogens is 2. The first kappa shape index (κ1) is 25.2. The fraction of sp³-hybridized carbons (Fsp3) is 0.690. The third kappa shape index (κ3) is 5.83. The second-order valence-electron chi connectivity index (χ2n) is 10.9. The number of carbonyl (C=O) groups excluding carboxylic acids is 1. The van der Waals surface area contributed by atoms with Gasteiger partial charge >= 0.3 is 5.97 Å². The predicted molar refractivity (Wildman–Crippen MR) is 130 cm³/mol. The smallest absolute Gasteiger partial charge is 0.314 e. The van der Waals surface area contributed by atoms with E-state index in [0.29, 0.717) is 5.92 Å². The molecule has 1 aromatic carbocycles. The second-order valence-corrected chi connectivity index (χ2v) is 10.9. The van der Waals surface area contributed by atoms with E-state index in [1.54, 1.807) is 0 Å². The summed E-state index contributed by atoms with van der Waals surface area (Å²) >= 11 is 0. The van der Waals surface area contributed by atoms with Crippen LogP contribution in [0, 0.1) is 47.1 Å². The van der Waals surface area contributed by atoms with Crippen LogP contribution in [0.5, 0.6) is 11.5 Å². The molecule has 4 unspecified atom stereocenters. The Morgan fingerprint density at radius 3 is 2.21 bits per heavy atom. The van der Waals surface area contributed by atoms with Gasteiger partial charge in [0.05, 0.1) is 5.92 Å². The van der Waals surface area contributed by atoms with E-state index in [1.165, 1.54) is 69.6 Å². The molecule has 1 aromatic rings. The van der Waals surface area contributed by atoms with E-state index in [9.17, 15) is 13.6 Å². The molecule has 4 atom stereocenters. The molecule has 3 aliphatic carbocycles. The standard InChI is InChI=1S/C29H40F2O3/c1-3-5-19-6-7-24-18-23(13-12-22(24)17-19)20-8-10-21(11-9-20)29(32)34-26-15-14-25(33-16-4-2)27(30)28(26)31/h4,14-15,19-24H,2-3,5-13,16-18H2,1H3. The van der Waals surface area contributed by atoms with Crippen LogP contribution in [0.4, 0.5) is 8.78 Å². The Bertz CT molecular complexity index is 846. The average molecular weight is 475 g/mol. The molecule has 3 saturated carbocycles. The molecule has 0 radical (unpaired) electrons. The van der Waals surface area contributed by atoms with Crippen molar-refractivity contribution < 1.29 is 23.0 Å². The van der Waals surface area contributed by atoms with Crippen molar-refractivity contribution in [1.29, 1.82) is 0 Å². The molecule has 0 bridgehead atoms. The van der Waals surface area contributed by atoms with E-state index in [-0.39, 0.29) is 24.0 Å². The van der Waals surface area contributed by atoms with E-state index < -0.39 is 17.6 Å². The van der Waals surface area contributed by atoms with Crippen molar-refractivity contribution in [3.05, 3.63) is 36.4 Å². The van der Waals surface area contributed by atoms with Crippen molar-refractivity contribution in [2.24, 2.45) is 35.5 Å². The number of hydrogen-bond donors (Lipinski definition) is 0. The summed E-state index contributed by atoms with van der Waals surface area (Å²) < 4.78 is 38.9. The molecule has 0 aromatic heterocycles. The molecule has 0 heterocycles. The highest BCUT2D eigenvalue weighted by Gasteiger charge is 2.39. The molecular weight excluding hydrogens is 434 g/mol. The Morgan fingerprint density at radius 2 is 1.50 bits per heavy atom. The topological polar surface area (TPSA) is 35.5 Å². The normalized spacial score (nSPS) is 31.4. The summed E-state index contributed by atoms with van der Waals surface area (Å²) in [5.41, 5.74) is 0. The van der Waals surface area contributed by atoms with Crippen molar-refractivity contribution in [2.45, 2.75) is 84.0 Å². The van der Waals surface area contributed by atoms with Crippen LogP contribution < -0.4 is 9.47 Å². The molecule has 5 heteroatoms. The number of ether oxygens (including phenoxy) is 2. The van der Waals surface area contributed by atoms with Gasteiger partial charge < -0.3 is 9.47 Å². The van der Waals surface area contributed by atoms with Crippen molar-refractivity contribution in [3.8, 4) is 11.5 Å². The SMILES string of the molecule is C=CCOc1ccc(OC(=O)C2CCC(C3CCC4CC(CCC)CCC4C3)CC2)c(F)c1F. The number of hydrogen-bond acceptors (Lipinski definition) is 3. The van der Waals surface area contributed by atoms with Crippen molar-refractivity contribution >= 4 is 5.97 Å². The lowest BCUT2D eigenvalue weighted by Gasteiger charge is -2.45. The third-order valence-corrected chi connectivity index (χ3v) is 8.81. The van der Waals surface area contributed by atoms with Gasteiger partial charge in [0.1, 0.15) is 6.61 Å². The lowest BCUT2D eigenvalue weighted by atomic mass is 9.60. The first-order valence-corrected chi connectivity index (χ1v) is 13.4. The highest BCUT2D eigenvalue weighted by molar-refractivity contribution is 5.75. The van der Waals surface area contributed by atoms with Crippen LogP contribution in [-0.4, -0.2) is 12.6 Å². The first-order valence-electron chi connectivity index (χ1n) is 13.4. The minimum Gasteiger partial charge on any atom is -0.486 e. The van der Waals surface area contributed by atoms with Crippen molar-refractivity contribution in [2.75, 3.05) is 6.61 Å². The van der Waals surface area contributed by atoms with Gasteiger partial charge in [-0.1, -0.05) is 38.8 Å². The summed E-state index contributed by atoms with van der Waals surface area (Å²) in [6.45, 7) is 5.86. The minimum absolute atomic E-state index is 0.0699. The molecule has 0 amide bonds. The zero-order valence-corrected chi connectivity index (χ0v) is 20.6. The Hall–Kier alpha value is -1.91. The molecule has 4 rings (SSSR count). The number of fused-ring (bicyclic) bond motifs is 1. The minimum atomic E-state index is -1.19. The number of esters is 1. The maximum atomic E-state index is 14.4. The van der Waals surface area contributed by atoms with Crippen molar-refractivity contribution in [3.63, 3.8) is 0 Å². The quantitative estimate of drug-likeness (QED) is 0.218. The van der Waals surface area contributed by atoms with Gasteiger partial charge in [0.15, 0.2) is 11.5 Å². The largest absolute Gasteiger partial charge is 0.486 e. The van der Waals surface area contributed by atoms with Gasteiger partial charge in [0.2, 0.25) is 11.6 Å². The van der Waals surface area contributed by atoms with E-state index in [1.807, 2.05) is 0 Å². The van der Waals surface area contributed by atoms with Crippen molar-refractivity contribution in [1.82, 2.24) is 0 Å². The summed E-state index contributed by atoms with van der Waals surface area (Å²) in [4.78, 5) is 12.7. The maximum Gasteiger partial charge on any atom is 0.314 e. The molecule has 188 valence electrons. The molecular formula is C29H40F2O3. The van der Waals surface area contributed by atoms with Gasteiger partial charge in [-0.3, -0.25) is 4.79 Å². The third-order valence-electron chi connectivity index (χ3n) is 8.81. The zero-order valence-electron chi connectivity index (χ0n) is 20.6. The summed E-state index contributed by atoms with van der Waals surface area (Å²) in [5.74, 6) is 0.680. The Balaban J connectivity index is 1.25. The zero-order chi connectivity index (χ0) is 24.1. The predicted octanol–water partition coefficient (Wildman–Crippen LogP) is 7.87. The Labute approximate surface area is 203 Å². The number of rotatable bonds is 8. The van der Waals surface area contributed by atoms with Crippen LogP contribution in [0.25, 0.3) is 0 Å². The van der Waals surface area contributed by atoms with E-state index >= 15 is 0 Å². The van der Waals surface area contributed by atoms with Crippen LogP contribution >= 0.6 is 0 Å². The summed E-state index contributed by atoms with van der Waals surface area (Å²) in [6.07, 6.45) is 16.1. The fourth-order valence-electron chi connectivity index (χ4n) is 6.99. The molecule has 3 fully saturated rings. The van der Waals surface area contributed by atoms with Gasteiger partial charge in [-0.05, 0) is 99.5 Å². The highest BCUT2D eigenvalue weighted by atomic mass is 19.2. The first-order chi connectivity index (χ1) is 16.5. The monoisotopic (exact) mass is 474 g/mol. The van der Waals surface area contributed by atoms with Gasteiger partial charge in [0, 0.05) is 0 Å². The van der Waals surface area contributed by atoms with Crippen LogP contribution in [0.15, 0.2) is 24.8 Å². The maximum absolute atomic E-state index is 14.4. The van der Waals surface area contributed by atoms with Crippen LogP contribution in [-0.2, 0) is 4.79 Å². The van der Waals surface area contributed by atoms with Crippen LogP contribution in [0.2, 0.25) is 0 Å². The molecule has 3 nitrogen and oxygen atoms in total. The van der Waals surface area contributed by atoms with Gasteiger partial charge in [0.25, 0.3) is 0 Å². The highest BCUT2D eigenvalue weighted by Crippen LogP contribution is 2.49. The average Bonchev–Trinajstić information content (AvgIpc) is 2.86. The van der Waals surface area contributed by atoms with Crippen LogP contribution in [0.1, 0.15) is 84.0 Å². The molecule has 3 aliphatic rings. The number of benzene rings is 1. The summed E-state index contributed by atoms with van der Waals surface area (Å²) in [7, 11) is 0. The lowest BCUT2D eigenvalue weighted by Crippen LogP contribution is -2.35. The van der Waals surface area contributed by atoms with E-state index in [0.717, 1.165) is 49.4 Å². The van der Waals surface area contributed by atoms with E-state index in [2.05, 4.69) is 13.5 Å². The molecule has 34 heavy (non-hydrogen) atoms.